The predicted molar refractivity (Wildman–Crippen MR) is 149 cm³/mol. The molecule has 13 nitrogen and oxygen atoms in total. The SMILES string of the molecule is CCOc1ccc(C(=O)N/N=C/c2cc(I)c(Oc3ccc([N+](=O)[O-])cc3[N+](=O)[O-])c(OC)c2)cc1OCC. The van der Waals surface area contributed by atoms with Gasteiger partial charge in [0.15, 0.2) is 23.0 Å². The highest BCUT2D eigenvalue weighted by Gasteiger charge is 2.23. The first-order chi connectivity index (χ1) is 18.7. The lowest BCUT2D eigenvalue weighted by Gasteiger charge is -2.13. The molecule has 0 saturated heterocycles. The van der Waals surface area contributed by atoms with Crippen molar-refractivity contribution in [3.05, 3.63) is 83.5 Å². The number of hydrazone groups is 1. The summed E-state index contributed by atoms with van der Waals surface area (Å²) < 4.78 is 22.7. The summed E-state index contributed by atoms with van der Waals surface area (Å²) in [6.07, 6.45) is 1.39. The molecule has 14 heteroatoms. The number of carbonyl (C=O) groups excluding carboxylic acids is 1. The standard InChI is InChI=1S/C25H23IN4O9/c1-4-37-21-8-6-16(12-22(21)38-5-2)25(31)28-27-14-15-10-18(26)24(23(11-15)36-3)39-20-9-7-17(29(32)33)13-19(20)30(34)35/h6-14H,4-5H2,1-3H3,(H,28,31)/b27-14+. The quantitative estimate of drug-likeness (QED) is 0.116. The van der Waals surface area contributed by atoms with Gasteiger partial charge in [-0.05, 0) is 78.4 Å². The molecular formula is C25H23IN4O9. The number of hydrogen-bond acceptors (Lipinski definition) is 10. The van der Waals surface area contributed by atoms with E-state index in [1.54, 1.807) is 30.3 Å². The second kappa shape index (κ2) is 13.4. The van der Waals surface area contributed by atoms with Crippen molar-refractivity contribution >= 4 is 46.1 Å². The zero-order chi connectivity index (χ0) is 28.5. The second-order valence-electron chi connectivity index (χ2n) is 7.53. The Bertz CT molecular complexity index is 1430. The topological polar surface area (TPSA) is 165 Å². The summed E-state index contributed by atoms with van der Waals surface area (Å²) >= 11 is 1.95. The van der Waals surface area contributed by atoms with Crippen LogP contribution in [-0.2, 0) is 0 Å². The maximum atomic E-state index is 12.6. The molecule has 0 aromatic heterocycles. The first-order valence-electron chi connectivity index (χ1n) is 11.4. The molecule has 0 atom stereocenters. The molecule has 0 spiro atoms. The average Bonchev–Trinajstić information content (AvgIpc) is 2.91. The normalized spacial score (nSPS) is 10.7. The van der Waals surface area contributed by atoms with Crippen molar-refractivity contribution in [2.45, 2.75) is 13.8 Å². The highest BCUT2D eigenvalue weighted by atomic mass is 127. The van der Waals surface area contributed by atoms with E-state index >= 15 is 0 Å². The number of non-ortho nitro benzene ring substituents is 1. The number of nitro groups is 2. The van der Waals surface area contributed by atoms with E-state index in [1.807, 2.05) is 36.4 Å². The number of amides is 1. The minimum absolute atomic E-state index is 0.161. The minimum atomic E-state index is -0.771. The molecule has 39 heavy (non-hydrogen) atoms. The lowest BCUT2D eigenvalue weighted by atomic mass is 10.2. The molecule has 0 fully saturated rings. The number of nitro benzene ring substituents is 2. The van der Waals surface area contributed by atoms with Crippen LogP contribution in [0.25, 0.3) is 0 Å². The molecule has 204 valence electrons. The number of hydrogen-bond donors (Lipinski definition) is 1. The van der Waals surface area contributed by atoms with Crippen molar-refractivity contribution in [2.75, 3.05) is 20.3 Å². The fraction of sp³-hybridized carbons (Fsp3) is 0.200. The van der Waals surface area contributed by atoms with Gasteiger partial charge in [0.05, 0.1) is 46.0 Å². The number of rotatable bonds is 12. The lowest BCUT2D eigenvalue weighted by Crippen LogP contribution is -2.17. The van der Waals surface area contributed by atoms with Crippen LogP contribution in [0.4, 0.5) is 11.4 Å². The van der Waals surface area contributed by atoms with E-state index in [0.717, 1.165) is 18.2 Å². The van der Waals surface area contributed by atoms with Gasteiger partial charge in [-0.15, -0.1) is 0 Å². The number of nitrogens with one attached hydrogen (secondary N) is 1. The van der Waals surface area contributed by atoms with Gasteiger partial charge in [0.1, 0.15) is 0 Å². The van der Waals surface area contributed by atoms with Crippen LogP contribution in [0.15, 0.2) is 53.6 Å². The van der Waals surface area contributed by atoms with Gasteiger partial charge >= 0.3 is 5.69 Å². The molecule has 0 unspecified atom stereocenters. The van der Waals surface area contributed by atoms with Gasteiger partial charge in [-0.2, -0.15) is 5.10 Å². The molecule has 3 aromatic rings. The molecule has 0 bridgehead atoms. The molecule has 3 rings (SSSR count). The molecule has 0 aliphatic carbocycles. The Labute approximate surface area is 236 Å². The summed E-state index contributed by atoms with van der Waals surface area (Å²) in [5.41, 5.74) is 2.28. The van der Waals surface area contributed by atoms with Crippen LogP contribution >= 0.6 is 22.6 Å². The number of ether oxygens (including phenoxy) is 4. The molecule has 1 amide bonds. The van der Waals surface area contributed by atoms with E-state index in [-0.39, 0.29) is 17.2 Å². The number of nitrogens with zero attached hydrogens (tertiary/aromatic N) is 3. The summed E-state index contributed by atoms with van der Waals surface area (Å²) in [7, 11) is 1.38. The lowest BCUT2D eigenvalue weighted by molar-refractivity contribution is -0.394. The van der Waals surface area contributed by atoms with Gasteiger partial charge in [0, 0.05) is 11.6 Å². The van der Waals surface area contributed by atoms with Crippen LogP contribution in [0, 0.1) is 23.8 Å². The Kier molecular flexibility index (Phi) is 9.97. The molecule has 0 radical (unpaired) electrons. The van der Waals surface area contributed by atoms with Gasteiger partial charge in [-0.25, -0.2) is 5.43 Å². The first-order valence-corrected chi connectivity index (χ1v) is 12.5. The Morgan fingerprint density at radius 1 is 0.949 bits per heavy atom. The van der Waals surface area contributed by atoms with Crippen molar-refractivity contribution in [1.29, 1.82) is 0 Å². The zero-order valence-electron chi connectivity index (χ0n) is 21.0. The Hall–Kier alpha value is -4.47. The van der Waals surface area contributed by atoms with Crippen molar-refractivity contribution in [3.63, 3.8) is 0 Å². The highest BCUT2D eigenvalue weighted by Crippen LogP contribution is 2.41. The van der Waals surface area contributed by atoms with E-state index in [2.05, 4.69) is 10.5 Å². The van der Waals surface area contributed by atoms with Crippen LogP contribution in [0.2, 0.25) is 0 Å². The smallest absolute Gasteiger partial charge is 0.318 e. The van der Waals surface area contributed by atoms with Crippen LogP contribution < -0.4 is 24.4 Å². The molecule has 3 aromatic carbocycles. The van der Waals surface area contributed by atoms with Crippen molar-refractivity contribution in [3.8, 4) is 28.7 Å². The van der Waals surface area contributed by atoms with E-state index in [4.69, 9.17) is 18.9 Å². The van der Waals surface area contributed by atoms with Crippen LogP contribution in [0.1, 0.15) is 29.8 Å². The molecule has 0 saturated carbocycles. The van der Waals surface area contributed by atoms with Crippen molar-refractivity contribution in [1.82, 2.24) is 5.43 Å². The van der Waals surface area contributed by atoms with Gasteiger partial charge < -0.3 is 18.9 Å². The maximum absolute atomic E-state index is 12.6. The second-order valence-corrected chi connectivity index (χ2v) is 8.69. The third kappa shape index (κ3) is 7.31. The Morgan fingerprint density at radius 3 is 2.28 bits per heavy atom. The van der Waals surface area contributed by atoms with Crippen LogP contribution in [0.3, 0.4) is 0 Å². The number of benzene rings is 3. The number of halogens is 1. The molecule has 0 heterocycles. The summed E-state index contributed by atoms with van der Waals surface area (Å²) in [5, 5.41) is 26.5. The third-order valence-electron chi connectivity index (χ3n) is 5.00. The Morgan fingerprint density at radius 2 is 1.64 bits per heavy atom. The third-order valence-corrected chi connectivity index (χ3v) is 5.80. The first kappa shape index (κ1) is 29.1. The van der Waals surface area contributed by atoms with Gasteiger partial charge in [0.2, 0.25) is 5.75 Å². The largest absolute Gasteiger partial charge is 0.493 e. The number of carbonyl (C=O) groups is 1. The van der Waals surface area contributed by atoms with E-state index in [0.29, 0.717) is 39.4 Å². The summed E-state index contributed by atoms with van der Waals surface area (Å²) in [5.74, 6) is 0.686. The van der Waals surface area contributed by atoms with Crippen LogP contribution in [0.5, 0.6) is 28.7 Å². The fourth-order valence-corrected chi connectivity index (χ4v) is 4.03. The van der Waals surface area contributed by atoms with E-state index in [1.165, 1.54) is 13.3 Å². The van der Waals surface area contributed by atoms with Gasteiger partial charge in [-0.1, -0.05) is 0 Å². The average molecular weight is 650 g/mol. The summed E-state index contributed by atoms with van der Waals surface area (Å²) in [6.45, 7) is 4.53. The summed E-state index contributed by atoms with van der Waals surface area (Å²) in [4.78, 5) is 33.5. The van der Waals surface area contributed by atoms with E-state index in [9.17, 15) is 25.0 Å². The number of methoxy groups -OCH3 is 1. The monoisotopic (exact) mass is 650 g/mol. The van der Waals surface area contributed by atoms with Crippen molar-refractivity contribution < 1.29 is 33.6 Å². The molecule has 1 N–H and O–H groups in total. The van der Waals surface area contributed by atoms with E-state index < -0.39 is 27.1 Å². The summed E-state index contributed by atoms with van der Waals surface area (Å²) in [6, 6.07) is 11.1. The maximum Gasteiger partial charge on any atom is 0.318 e. The molecule has 0 aliphatic heterocycles. The fourth-order valence-electron chi connectivity index (χ4n) is 3.29. The molecule has 0 aliphatic rings. The van der Waals surface area contributed by atoms with Gasteiger partial charge in [0.25, 0.3) is 11.6 Å². The highest BCUT2D eigenvalue weighted by molar-refractivity contribution is 14.1. The van der Waals surface area contributed by atoms with Crippen molar-refractivity contribution in [2.24, 2.45) is 5.10 Å². The Balaban J connectivity index is 1.80. The zero-order valence-corrected chi connectivity index (χ0v) is 23.2. The van der Waals surface area contributed by atoms with Crippen LogP contribution in [-0.4, -0.2) is 42.3 Å². The predicted octanol–water partition coefficient (Wildman–Crippen LogP) is 5.47. The minimum Gasteiger partial charge on any atom is -0.493 e. The van der Waals surface area contributed by atoms with Gasteiger partial charge in [-0.3, -0.25) is 25.0 Å². The molecular weight excluding hydrogens is 627 g/mol.